The number of hydrogen-bond donors (Lipinski definition) is 1. The van der Waals surface area contributed by atoms with Crippen molar-refractivity contribution in [3.05, 3.63) is 94.5 Å². The van der Waals surface area contributed by atoms with Crippen LogP contribution in [0, 0.1) is 0 Å². The number of nitrogens with zero attached hydrogens (tertiary/aromatic N) is 1. The van der Waals surface area contributed by atoms with Crippen LogP contribution >= 0.6 is 35.0 Å². The standard InChI is InChI=1S/C23H22Cl2N2O3S2/c24-21-12-11-19(15-22(21)25)27(32(29,30)20-9-5-2-6-10-20)16-23(28)26-13-14-31-17-18-7-3-1-4-8-18/h1-12,15H,13-14,16-17H2,(H,26,28). The largest absolute Gasteiger partial charge is 0.354 e. The molecule has 5 nitrogen and oxygen atoms in total. The summed E-state index contributed by atoms with van der Waals surface area (Å²) in [6.45, 7) is 0.0511. The molecule has 0 aliphatic carbocycles. The van der Waals surface area contributed by atoms with E-state index in [9.17, 15) is 13.2 Å². The van der Waals surface area contributed by atoms with Crippen molar-refractivity contribution in [1.29, 1.82) is 0 Å². The normalized spacial score (nSPS) is 11.2. The summed E-state index contributed by atoms with van der Waals surface area (Å²) >= 11 is 13.8. The third-order valence-electron chi connectivity index (χ3n) is 4.49. The third-order valence-corrected chi connectivity index (χ3v) is 8.05. The van der Waals surface area contributed by atoms with Gasteiger partial charge in [0.2, 0.25) is 5.91 Å². The lowest BCUT2D eigenvalue weighted by Crippen LogP contribution is -2.41. The number of rotatable bonds is 10. The number of carbonyl (C=O) groups excluding carboxylic acids is 1. The van der Waals surface area contributed by atoms with E-state index in [-0.39, 0.29) is 22.2 Å². The number of halogens is 2. The van der Waals surface area contributed by atoms with Gasteiger partial charge in [0.1, 0.15) is 6.54 Å². The minimum Gasteiger partial charge on any atom is -0.354 e. The van der Waals surface area contributed by atoms with Crippen molar-refractivity contribution >= 4 is 56.6 Å². The van der Waals surface area contributed by atoms with Crippen LogP contribution in [0.1, 0.15) is 5.56 Å². The quantitative estimate of drug-likeness (QED) is 0.380. The summed E-state index contributed by atoms with van der Waals surface area (Å²) in [7, 11) is -3.98. The molecule has 3 aromatic carbocycles. The Morgan fingerprint density at radius 3 is 2.22 bits per heavy atom. The van der Waals surface area contributed by atoms with E-state index >= 15 is 0 Å². The first-order chi connectivity index (χ1) is 15.4. The lowest BCUT2D eigenvalue weighted by molar-refractivity contribution is -0.119. The van der Waals surface area contributed by atoms with Gasteiger partial charge >= 0.3 is 0 Å². The van der Waals surface area contributed by atoms with Crippen molar-refractivity contribution in [1.82, 2.24) is 5.32 Å². The molecule has 0 atom stereocenters. The van der Waals surface area contributed by atoms with Gasteiger partial charge in [0.25, 0.3) is 10.0 Å². The van der Waals surface area contributed by atoms with E-state index in [1.54, 1.807) is 30.0 Å². The number of benzene rings is 3. The molecule has 0 radical (unpaired) electrons. The molecule has 1 amide bonds. The zero-order valence-electron chi connectivity index (χ0n) is 17.1. The first-order valence-electron chi connectivity index (χ1n) is 9.79. The topological polar surface area (TPSA) is 66.5 Å². The Hall–Kier alpha value is -2.19. The fraction of sp³-hybridized carbons (Fsp3) is 0.174. The molecule has 0 unspecified atom stereocenters. The van der Waals surface area contributed by atoms with Crippen LogP contribution in [0.4, 0.5) is 5.69 Å². The molecule has 0 fully saturated rings. The number of carbonyl (C=O) groups is 1. The van der Waals surface area contributed by atoms with Crippen molar-refractivity contribution in [2.24, 2.45) is 0 Å². The second kappa shape index (κ2) is 11.6. The molecule has 0 heterocycles. The Morgan fingerprint density at radius 1 is 0.906 bits per heavy atom. The van der Waals surface area contributed by atoms with E-state index in [0.29, 0.717) is 17.3 Å². The summed E-state index contributed by atoms with van der Waals surface area (Å²) in [6, 6.07) is 22.5. The highest BCUT2D eigenvalue weighted by atomic mass is 35.5. The van der Waals surface area contributed by atoms with Crippen LogP contribution < -0.4 is 9.62 Å². The molecule has 0 spiro atoms. The van der Waals surface area contributed by atoms with E-state index in [2.05, 4.69) is 17.4 Å². The van der Waals surface area contributed by atoms with E-state index in [4.69, 9.17) is 23.2 Å². The first-order valence-corrected chi connectivity index (χ1v) is 13.1. The molecule has 3 aromatic rings. The highest BCUT2D eigenvalue weighted by Gasteiger charge is 2.27. The summed E-state index contributed by atoms with van der Waals surface area (Å²) in [5, 5.41) is 3.30. The van der Waals surface area contributed by atoms with Crippen LogP contribution in [0.2, 0.25) is 10.0 Å². The molecule has 3 rings (SSSR count). The molecule has 0 saturated carbocycles. The van der Waals surface area contributed by atoms with Gasteiger partial charge in [-0.05, 0) is 35.9 Å². The van der Waals surface area contributed by atoms with Gasteiger partial charge in [-0.3, -0.25) is 9.10 Å². The number of anilines is 1. The Morgan fingerprint density at radius 2 is 1.56 bits per heavy atom. The number of thioether (sulfide) groups is 1. The van der Waals surface area contributed by atoms with Gasteiger partial charge in [0, 0.05) is 18.1 Å². The molecule has 0 saturated heterocycles. The zero-order chi connectivity index (χ0) is 23.0. The summed E-state index contributed by atoms with van der Waals surface area (Å²) in [4.78, 5) is 12.7. The summed E-state index contributed by atoms with van der Waals surface area (Å²) in [6.07, 6.45) is 0. The van der Waals surface area contributed by atoms with E-state index in [1.807, 2.05) is 18.2 Å². The second-order valence-electron chi connectivity index (χ2n) is 6.81. The maximum absolute atomic E-state index is 13.3. The average molecular weight is 509 g/mol. The number of amides is 1. The van der Waals surface area contributed by atoms with Crippen LogP contribution in [0.5, 0.6) is 0 Å². The second-order valence-corrected chi connectivity index (χ2v) is 10.6. The lowest BCUT2D eigenvalue weighted by atomic mass is 10.2. The molecule has 9 heteroatoms. The van der Waals surface area contributed by atoms with Crippen molar-refractivity contribution in [3.8, 4) is 0 Å². The first kappa shape index (κ1) is 24.5. The lowest BCUT2D eigenvalue weighted by Gasteiger charge is -2.24. The van der Waals surface area contributed by atoms with Crippen LogP contribution in [0.25, 0.3) is 0 Å². The Kier molecular flexibility index (Phi) is 8.87. The van der Waals surface area contributed by atoms with Crippen molar-refractivity contribution in [2.45, 2.75) is 10.6 Å². The van der Waals surface area contributed by atoms with E-state index in [1.165, 1.54) is 35.9 Å². The average Bonchev–Trinajstić information content (AvgIpc) is 2.80. The predicted octanol–water partition coefficient (Wildman–Crippen LogP) is 5.24. The molecule has 0 aliphatic heterocycles. The summed E-state index contributed by atoms with van der Waals surface area (Å²) in [5.41, 5.74) is 1.47. The SMILES string of the molecule is O=C(CN(c1ccc(Cl)c(Cl)c1)S(=O)(=O)c1ccccc1)NCCSCc1ccccc1. The minimum atomic E-state index is -3.98. The maximum atomic E-state index is 13.3. The van der Waals surface area contributed by atoms with Crippen LogP contribution in [-0.2, 0) is 20.6 Å². The monoisotopic (exact) mass is 508 g/mol. The van der Waals surface area contributed by atoms with Gasteiger partial charge in [-0.1, -0.05) is 71.7 Å². The van der Waals surface area contributed by atoms with Gasteiger partial charge in [0.05, 0.1) is 20.6 Å². The Balaban J connectivity index is 1.67. The molecule has 0 aliphatic rings. The van der Waals surface area contributed by atoms with Gasteiger partial charge in [0.15, 0.2) is 0 Å². The molecular formula is C23H22Cl2N2O3S2. The maximum Gasteiger partial charge on any atom is 0.264 e. The van der Waals surface area contributed by atoms with Gasteiger partial charge < -0.3 is 5.32 Å². The Labute approximate surface area is 202 Å². The number of hydrogen-bond acceptors (Lipinski definition) is 4. The predicted molar refractivity (Wildman–Crippen MR) is 133 cm³/mol. The van der Waals surface area contributed by atoms with Crippen LogP contribution in [0.15, 0.2) is 83.8 Å². The number of sulfonamides is 1. The van der Waals surface area contributed by atoms with Crippen molar-refractivity contribution in [3.63, 3.8) is 0 Å². The van der Waals surface area contributed by atoms with E-state index in [0.717, 1.165) is 10.1 Å². The summed E-state index contributed by atoms with van der Waals surface area (Å²) < 4.78 is 27.6. The van der Waals surface area contributed by atoms with Crippen LogP contribution in [-0.4, -0.2) is 33.2 Å². The molecule has 0 aromatic heterocycles. The fourth-order valence-corrected chi connectivity index (χ4v) is 5.43. The van der Waals surface area contributed by atoms with Gasteiger partial charge in [-0.2, -0.15) is 11.8 Å². The molecular weight excluding hydrogens is 487 g/mol. The van der Waals surface area contributed by atoms with E-state index < -0.39 is 15.9 Å². The van der Waals surface area contributed by atoms with Gasteiger partial charge in [-0.15, -0.1) is 0 Å². The zero-order valence-corrected chi connectivity index (χ0v) is 20.2. The third kappa shape index (κ3) is 6.65. The minimum absolute atomic E-state index is 0.0808. The fourth-order valence-electron chi connectivity index (χ4n) is 2.89. The number of nitrogens with one attached hydrogen (secondary N) is 1. The highest BCUT2D eigenvalue weighted by molar-refractivity contribution is 7.98. The smallest absolute Gasteiger partial charge is 0.264 e. The Bertz CT molecular complexity index is 1140. The molecule has 168 valence electrons. The summed E-state index contributed by atoms with van der Waals surface area (Å²) in [5.74, 6) is 1.14. The van der Waals surface area contributed by atoms with Crippen molar-refractivity contribution in [2.75, 3.05) is 23.1 Å². The molecule has 0 bridgehead atoms. The van der Waals surface area contributed by atoms with Crippen molar-refractivity contribution < 1.29 is 13.2 Å². The van der Waals surface area contributed by atoms with Gasteiger partial charge in [-0.25, -0.2) is 8.42 Å². The molecule has 32 heavy (non-hydrogen) atoms. The highest BCUT2D eigenvalue weighted by Crippen LogP contribution is 2.30. The van der Waals surface area contributed by atoms with Crippen LogP contribution in [0.3, 0.4) is 0 Å². The molecule has 1 N–H and O–H groups in total.